The lowest BCUT2D eigenvalue weighted by Crippen LogP contribution is -2.63. The Morgan fingerprint density at radius 2 is 1.58 bits per heavy atom. The fourth-order valence-corrected chi connectivity index (χ4v) is 12.5. The van der Waals surface area contributed by atoms with Crippen LogP contribution in [-0.4, -0.2) is 99.3 Å². The first-order valence-electron chi connectivity index (χ1n) is 21.1. The number of aliphatic hydroxyl groups is 4. The van der Waals surface area contributed by atoms with Gasteiger partial charge in [-0.2, -0.15) is 0 Å². The minimum atomic E-state index is -1.81. The van der Waals surface area contributed by atoms with Gasteiger partial charge in [-0.25, -0.2) is 4.79 Å². The molecule has 0 unspecified atom stereocenters. The van der Waals surface area contributed by atoms with Gasteiger partial charge in [-0.1, -0.05) is 59.6 Å². The van der Waals surface area contributed by atoms with Gasteiger partial charge < -0.3 is 44.7 Å². The van der Waals surface area contributed by atoms with Gasteiger partial charge in [0, 0.05) is 23.7 Å². The molecule has 0 aromatic rings. The average Bonchev–Trinajstić information content (AvgIpc) is 3.36. The summed E-state index contributed by atoms with van der Waals surface area (Å²) in [6, 6.07) is -0.920. The Labute approximate surface area is 339 Å². The average molecular weight is 806 g/mol. The van der Waals surface area contributed by atoms with Crippen LogP contribution >= 0.6 is 0 Å². The van der Waals surface area contributed by atoms with Crippen LogP contribution in [-0.2, 0) is 38.1 Å². The molecule has 1 aliphatic heterocycles. The van der Waals surface area contributed by atoms with E-state index in [2.05, 4.69) is 26.1 Å². The Hall–Kier alpha value is -2.58. The highest BCUT2D eigenvalue weighted by atomic mass is 16.6. The van der Waals surface area contributed by atoms with Gasteiger partial charge in [0.2, 0.25) is 5.91 Å². The smallest absolute Gasteiger partial charge is 0.328 e. The van der Waals surface area contributed by atoms with E-state index >= 15 is 0 Å². The molecule has 13 heteroatoms. The molecule has 0 bridgehead atoms. The summed E-state index contributed by atoms with van der Waals surface area (Å²) in [6.07, 6.45) is 0.419. The molecule has 0 radical (unpaired) electrons. The maximum atomic E-state index is 13.7. The number of carbonyl (C=O) groups excluding carboxylic acids is 4. The fourth-order valence-electron chi connectivity index (χ4n) is 12.5. The Kier molecular flexibility index (Phi) is 12.6. The highest BCUT2D eigenvalue weighted by molar-refractivity contribution is 5.85. The van der Waals surface area contributed by atoms with E-state index in [9.17, 15) is 39.6 Å². The molecule has 1 saturated heterocycles. The third-order valence-electron chi connectivity index (χ3n) is 15.6. The number of allylic oxidation sites excluding steroid dienone is 1. The molecule has 0 aromatic carbocycles. The Balaban J connectivity index is 1.41. The second-order valence-corrected chi connectivity index (χ2v) is 20.6. The monoisotopic (exact) mass is 805 g/mol. The number of rotatable bonds is 11. The number of amides is 1. The van der Waals surface area contributed by atoms with Crippen LogP contribution in [0.3, 0.4) is 0 Å². The van der Waals surface area contributed by atoms with Crippen LogP contribution in [0.15, 0.2) is 11.1 Å². The zero-order valence-corrected chi connectivity index (χ0v) is 36.4. The van der Waals surface area contributed by atoms with Gasteiger partial charge in [-0.15, -0.1) is 0 Å². The number of methoxy groups -OCH3 is 1. The van der Waals surface area contributed by atoms with Gasteiger partial charge >= 0.3 is 17.9 Å². The molecule has 5 aliphatic rings. The predicted octanol–water partition coefficient (Wildman–Crippen LogP) is 4.89. The topological polar surface area (TPSA) is 198 Å². The number of esters is 3. The highest BCUT2D eigenvalue weighted by Crippen LogP contribution is 2.73. The number of carbonyl (C=O) groups is 4. The maximum absolute atomic E-state index is 13.7. The summed E-state index contributed by atoms with van der Waals surface area (Å²) >= 11 is 0. The number of hydrogen-bond donors (Lipinski definition) is 5. The molecular weight excluding hydrogens is 734 g/mol. The van der Waals surface area contributed by atoms with Crippen molar-refractivity contribution in [3.05, 3.63) is 11.1 Å². The zero-order valence-electron chi connectivity index (χ0n) is 36.4. The molecule has 57 heavy (non-hydrogen) atoms. The number of ether oxygens (including phenoxy) is 4. The van der Waals surface area contributed by atoms with E-state index in [-0.39, 0.29) is 29.1 Å². The molecule has 0 spiro atoms. The van der Waals surface area contributed by atoms with Crippen molar-refractivity contribution in [3.8, 4) is 0 Å². The summed E-state index contributed by atoms with van der Waals surface area (Å²) in [5.41, 5.74) is -2.53. The summed E-state index contributed by atoms with van der Waals surface area (Å²) in [6.45, 7) is 20.3. The predicted molar refractivity (Wildman–Crippen MR) is 210 cm³/mol. The molecule has 3 fully saturated rings. The molecule has 5 N–H and O–H groups in total. The molecule has 13 atom stereocenters. The van der Waals surface area contributed by atoms with Crippen LogP contribution < -0.4 is 5.32 Å². The molecule has 1 amide bonds. The van der Waals surface area contributed by atoms with E-state index in [0.29, 0.717) is 25.7 Å². The van der Waals surface area contributed by atoms with Crippen molar-refractivity contribution >= 4 is 23.8 Å². The first kappa shape index (κ1) is 45.5. The number of hydrogen-bond acceptors (Lipinski definition) is 12. The largest absolute Gasteiger partial charge is 0.467 e. The van der Waals surface area contributed by atoms with Gasteiger partial charge in [-0.05, 0) is 101 Å². The Bertz CT molecular complexity index is 1600. The normalized spacial score (nSPS) is 39.2. The lowest BCUT2D eigenvalue weighted by Gasteiger charge is -2.64. The molecule has 4 aliphatic carbocycles. The Morgan fingerprint density at radius 3 is 2.14 bits per heavy atom. The van der Waals surface area contributed by atoms with Crippen molar-refractivity contribution in [2.75, 3.05) is 7.11 Å². The van der Waals surface area contributed by atoms with E-state index in [0.717, 1.165) is 25.7 Å². The van der Waals surface area contributed by atoms with Gasteiger partial charge in [0.15, 0.2) is 6.29 Å². The second-order valence-electron chi connectivity index (χ2n) is 20.6. The van der Waals surface area contributed by atoms with Crippen molar-refractivity contribution in [2.45, 2.75) is 188 Å². The number of aliphatic hydroxyl groups excluding tert-OH is 2. The van der Waals surface area contributed by atoms with E-state index in [1.807, 2.05) is 13.8 Å². The third kappa shape index (κ3) is 8.18. The second kappa shape index (κ2) is 15.8. The summed E-state index contributed by atoms with van der Waals surface area (Å²) in [5, 5.41) is 48.2. The van der Waals surface area contributed by atoms with Gasteiger partial charge in [0.1, 0.15) is 18.2 Å². The van der Waals surface area contributed by atoms with E-state index in [4.69, 9.17) is 18.9 Å². The van der Waals surface area contributed by atoms with Crippen LogP contribution in [0.1, 0.15) is 140 Å². The molecule has 1 heterocycles. The quantitative estimate of drug-likeness (QED) is 0.108. The summed E-state index contributed by atoms with van der Waals surface area (Å²) in [7, 11) is 1.23. The zero-order chi connectivity index (χ0) is 42.8. The van der Waals surface area contributed by atoms with Crippen LogP contribution in [0.2, 0.25) is 0 Å². The van der Waals surface area contributed by atoms with Crippen molar-refractivity contribution in [1.29, 1.82) is 0 Å². The van der Waals surface area contributed by atoms with Crippen molar-refractivity contribution in [2.24, 2.45) is 45.3 Å². The van der Waals surface area contributed by atoms with Crippen LogP contribution in [0.25, 0.3) is 0 Å². The summed E-state index contributed by atoms with van der Waals surface area (Å²) in [4.78, 5) is 51.5. The van der Waals surface area contributed by atoms with Crippen molar-refractivity contribution < 1.29 is 58.6 Å². The fraction of sp³-hybridized carbons (Fsp3) is 0.864. The minimum absolute atomic E-state index is 0.00807. The van der Waals surface area contributed by atoms with E-state index < -0.39 is 101 Å². The first-order valence-corrected chi connectivity index (χ1v) is 21.1. The summed E-state index contributed by atoms with van der Waals surface area (Å²) in [5.74, 6) is -2.94. The highest BCUT2D eigenvalue weighted by Gasteiger charge is 2.68. The number of nitrogens with one attached hydrogen (secondary N) is 1. The SMILES string of the molecule is COC(=O)[C@@H](NC(=O)C[C@](C)(O)CC(=O)O[C@@H]1C[C@]2(C)C3=C(CC[C@H]2C(C)(C)[C@H]1OC(C)=O)[C@]1(C)CC[C@H]([C@H]2CC[C@H](C(C)(C)O)O[C@@H]2O)[C@@]1(C)[C@@H](O)C3)C(C)C. The van der Waals surface area contributed by atoms with E-state index in [1.165, 1.54) is 32.1 Å². The van der Waals surface area contributed by atoms with Crippen LogP contribution in [0.4, 0.5) is 0 Å². The molecule has 13 nitrogen and oxygen atoms in total. The first-order chi connectivity index (χ1) is 26.1. The maximum Gasteiger partial charge on any atom is 0.328 e. The Morgan fingerprint density at radius 1 is 0.930 bits per heavy atom. The van der Waals surface area contributed by atoms with Crippen molar-refractivity contribution in [3.63, 3.8) is 0 Å². The van der Waals surface area contributed by atoms with Crippen LogP contribution in [0.5, 0.6) is 0 Å². The molecule has 5 rings (SSSR count). The van der Waals surface area contributed by atoms with Gasteiger partial charge in [0.25, 0.3) is 0 Å². The van der Waals surface area contributed by atoms with Crippen molar-refractivity contribution in [1.82, 2.24) is 5.32 Å². The molecule has 2 saturated carbocycles. The minimum Gasteiger partial charge on any atom is -0.467 e. The lowest BCUT2D eigenvalue weighted by molar-refractivity contribution is -0.251. The molecule has 0 aromatic heterocycles. The number of fused-ring (bicyclic) bond motifs is 4. The molecule has 324 valence electrons. The standard InChI is InChI=1S/C44H71NO12/c1-23(2)35(38(51)54-12)45-33(48)21-41(8,53)22-34(49)56-29-20-42(9)28-19-31(47)44(11)26(25-13-16-32(40(6,7)52)57-37(25)50)17-18-43(44,10)27(28)14-15-30(42)39(4,5)36(29)55-24(3)46/h23,25-26,29-32,35-37,47,50,52-53H,13-22H2,1-12H3,(H,45,48)/t25-,26-,29-,30+,31+,32-,35+,36+,37+,41+,42-,43+,44+/m1/s1. The van der Waals surface area contributed by atoms with Crippen LogP contribution in [0, 0.1) is 45.3 Å². The lowest BCUT2D eigenvalue weighted by atomic mass is 9.42. The van der Waals surface area contributed by atoms with Gasteiger partial charge in [0.05, 0.1) is 43.4 Å². The summed E-state index contributed by atoms with van der Waals surface area (Å²) < 4.78 is 23.0. The molecular formula is C44H71NO12. The van der Waals surface area contributed by atoms with E-state index in [1.54, 1.807) is 27.7 Å². The third-order valence-corrected chi connectivity index (χ3v) is 15.6. The van der Waals surface area contributed by atoms with Gasteiger partial charge in [-0.3, -0.25) is 14.4 Å².